The van der Waals surface area contributed by atoms with E-state index in [2.05, 4.69) is 23.7 Å². The van der Waals surface area contributed by atoms with E-state index in [1.54, 1.807) is 41.3 Å². The van der Waals surface area contributed by atoms with E-state index in [1.807, 2.05) is 41.8 Å². The van der Waals surface area contributed by atoms with Crippen molar-refractivity contribution in [3.63, 3.8) is 0 Å². The molecule has 1 atom stereocenters. The lowest BCUT2D eigenvalue weighted by atomic mass is 10.1. The monoisotopic (exact) mass is 453 g/mol. The molecule has 1 heterocycles. The molecule has 2 aromatic carbocycles. The fourth-order valence-corrected chi connectivity index (χ4v) is 4.73. The van der Waals surface area contributed by atoms with Gasteiger partial charge in [-0.15, -0.1) is 11.8 Å². The predicted octanol–water partition coefficient (Wildman–Crippen LogP) is 6.33. The summed E-state index contributed by atoms with van der Waals surface area (Å²) in [6.45, 7) is 2.08. The topological polar surface area (TPSA) is 55.4 Å². The molecule has 6 heteroatoms. The van der Waals surface area contributed by atoms with Gasteiger partial charge in [-0.05, 0) is 59.1 Å². The molecule has 4 nitrogen and oxygen atoms in total. The number of carbonyl (C=O) groups excluding carboxylic acids is 2. The molecule has 0 aliphatic carbocycles. The van der Waals surface area contributed by atoms with Crippen molar-refractivity contribution in [1.29, 1.82) is 0 Å². The first-order chi connectivity index (χ1) is 15.2. The van der Waals surface area contributed by atoms with Gasteiger partial charge in [0.15, 0.2) is 5.78 Å². The van der Waals surface area contributed by atoms with Gasteiger partial charge in [-0.1, -0.05) is 44.0 Å². The summed E-state index contributed by atoms with van der Waals surface area (Å²) in [5.74, 6) is 2.30. The molecule has 3 aromatic rings. The molecular formula is C25H27NO3S2. The third kappa shape index (κ3) is 7.56. The maximum absolute atomic E-state index is 12.9. The second kappa shape index (κ2) is 12.3. The Kier molecular flexibility index (Phi) is 9.18. The van der Waals surface area contributed by atoms with Crippen LogP contribution in [0.15, 0.2) is 71.4 Å². The number of benzene rings is 2. The lowest BCUT2D eigenvalue weighted by Crippen LogP contribution is -2.41. The van der Waals surface area contributed by atoms with Crippen LogP contribution in [0.25, 0.3) is 0 Å². The molecule has 1 N–H and O–H groups in total. The van der Waals surface area contributed by atoms with E-state index in [4.69, 9.17) is 4.74 Å². The number of rotatable bonds is 12. The van der Waals surface area contributed by atoms with Crippen molar-refractivity contribution >= 4 is 34.8 Å². The average molecular weight is 454 g/mol. The largest absolute Gasteiger partial charge is 0.457 e. The number of ether oxygens (including phenoxy) is 1. The SMILES string of the molecule is CCCCC(NC(=O)c1cccc(Oc2ccccc2)c1)C(=O)CSCc1ccsc1. The van der Waals surface area contributed by atoms with Gasteiger partial charge in [0.05, 0.1) is 11.8 Å². The number of thioether (sulfide) groups is 1. The van der Waals surface area contributed by atoms with Gasteiger partial charge >= 0.3 is 0 Å². The van der Waals surface area contributed by atoms with Crippen molar-refractivity contribution in [2.45, 2.75) is 38.0 Å². The molecule has 3 rings (SSSR count). The number of thiophene rings is 1. The summed E-state index contributed by atoms with van der Waals surface area (Å²) in [6, 6.07) is 18.1. The molecule has 0 spiro atoms. The third-order valence-corrected chi connectivity index (χ3v) is 6.47. The molecule has 0 aliphatic heterocycles. The van der Waals surface area contributed by atoms with Crippen LogP contribution < -0.4 is 10.1 Å². The predicted molar refractivity (Wildman–Crippen MR) is 129 cm³/mol. The lowest BCUT2D eigenvalue weighted by Gasteiger charge is -2.18. The molecule has 1 aromatic heterocycles. The van der Waals surface area contributed by atoms with Gasteiger partial charge in [-0.3, -0.25) is 9.59 Å². The van der Waals surface area contributed by atoms with Gasteiger partial charge in [0.1, 0.15) is 11.5 Å². The molecule has 0 saturated carbocycles. The van der Waals surface area contributed by atoms with E-state index in [1.165, 1.54) is 5.56 Å². The zero-order chi connectivity index (χ0) is 21.9. The van der Waals surface area contributed by atoms with Crippen molar-refractivity contribution < 1.29 is 14.3 Å². The van der Waals surface area contributed by atoms with Crippen molar-refractivity contribution in [3.8, 4) is 11.5 Å². The summed E-state index contributed by atoms with van der Waals surface area (Å²) in [5.41, 5.74) is 1.71. The first kappa shape index (κ1) is 23.1. The van der Waals surface area contributed by atoms with Crippen molar-refractivity contribution in [2.24, 2.45) is 0 Å². The van der Waals surface area contributed by atoms with Crippen molar-refractivity contribution in [1.82, 2.24) is 5.32 Å². The highest BCUT2D eigenvalue weighted by Gasteiger charge is 2.21. The summed E-state index contributed by atoms with van der Waals surface area (Å²) in [6.07, 6.45) is 2.52. The minimum Gasteiger partial charge on any atom is -0.457 e. The molecule has 0 radical (unpaired) electrons. The molecule has 0 bridgehead atoms. The van der Waals surface area contributed by atoms with Crippen LogP contribution in [0.2, 0.25) is 0 Å². The maximum atomic E-state index is 12.9. The Balaban J connectivity index is 1.60. The van der Waals surface area contributed by atoms with Gasteiger partial charge in [-0.25, -0.2) is 0 Å². The number of Topliss-reactive ketones (excluding diaryl/α,β-unsaturated/α-hetero) is 1. The summed E-state index contributed by atoms with van der Waals surface area (Å²) < 4.78 is 5.83. The van der Waals surface area contributed by atoms with Gasteiger partial charge < -0.3 is 10.1 Å². The first-order valence-corrected chi connectivity index (χ1v) is 12.5. The van der Waals surface area contributed by atoms with Crippen LogP contribution in [0.1, 0.15) is 42.1 Å². The summed E-state index contributed by atoms with van der Waals surface area (Å²) in [7, 11) is 0. The quantitative estimate of drug-likeness (QED) is 0.348. The van der Waals surface area contributed by atoms with Gasteiger partial charge in [0, 0.05) is 11.3 Å². The third-order valence-electron chi connectivity index (χ3n) is 4.71. The summed E-state index contributed by atoms with van der Waals surface area (Å²) >= 11 is 3.25. The molecule has 1 amide bonds. The van der Waals surface area contributed by atoms with E-state index in [9.17, 15) is 9.59 Å². The Morgan fingerprint density at radius 3 is 2.61 bits per heavy atom. The molecule has 1 unspecified atom stereocenters. The Hall–Kier alpha value is -2.57. The Labute approximate surface area is 192 Å². The first-order valence-electron chi connectivity index (χ1n) is 10.4. The fourth-order valence-electron chi connectivity index (χ4n) is 3.03. The van der Waals surface area contributed by atoms with Crippen LogP contribution in [0.4, 0.5) is 0 Å². The molecular weight excluding hydrogens is 426 g/mol. The average Bonchev–Trinajstić information content (AvgIpc) is 3.31. The van der Waals surface area contributed by atoms with Crippen LogP contribution in [-0.4, -0.2) is 23.5 Å². The molecule has 0 fully saturated rings. The second-order valence-corrected chi connectivity index (χ2v) is 8.97. The highest BCUT2D eigenvalue weighted by molar-refractivity contribution is 7.99. The van der Waals surface area contributed by atoms with Crippen molar-refractivity contribution in [2.75, 3.05) is 5.75 Å². The Morgan fingerprint density at radius 1 is 1.06 bits per heavy atom. The van der Waals surface area contributed by atoms with Gasteiger partial charge in [0.2, 0.25) is 0 Å². The highest BCUT2D eigenvalue weighted by atomic mass is 32.2. The minimum absolute atomic E-state index is 0.0683. The van der Waals surface area contributed by atoms with Crippen LogP contribution in [0, 0.1) is 0 Å². The number of carbonyl (C=O) groups is 2. The normalized spacial score (nSPS) is 11.6. The van der Waals surface area contributed by atoms with Crippen LogP contribution in [0.5, 0.6) is 11.5 Å². The highest BCUT2D eigenvalue weighted by Crippen LogP contribution is 2.22. The standard InChI is InChI=1S/C25H27NO3S2/c1-2-3-12-23(24(27)18-31-17-19-13-14-30-16-19)26-25(28)20-8-7-11-22(15-20)29-21-9-5-4-6-10-21/h4-11,13-16,23H,2-3,12,17-18H2,1H3,(H,26,28). The number of para-hydroxylation sites is 1. The van der Waals surface area contributed by atoms with Crippen molar-refractivity contribution in [3.05, 3.63) is 82.6 Å². The van der Waals surface area contributed by atoms with Gasteiger partial charge in [-0.2, -0.15) is 11.3 Å². The van der Waals surface area contributed by atoms with Crippen LogP contribution in [0.3, 0.4) is 0 Å². The zero-order valence-corrected chi connectivity index (χ0v) is 19.2. The van der Waals surface area contributed by atoms with E-state index in [0.29, 0.717) is 29.2 Å². The number of amides is 1. The molecule has 162 valence electrons. The van der Waals surface area contributed by atoms with Gasteiger partial charge in [0.25, 0.3) is 5.91 Å². The number of nitrogens with one attached hydrogen (secondary N) is 1. The van der Waals surface area contributed by atoms with Crippen LogP contribution >= 0.6 is 23.1 Å². The van der Waals surface area contributed by atoms with E-state index in [0.717, 1.165) is 18.6 Å². The maximum Gasteiger partial charge on any atom is 0.251 e. The van der Waals surface area contributed by atoms with Crippen LogP contribution in [-0.2, 0) is 10.5 Å². The van der Waals surface area contributed by atoms with E-state index >= 15 is 0 Å². The number of ketones is 1. The minimum atomic E-state index is -0.471. The molecule has 0 aliphatic rings. The number of hydrogen-bond donors (Lipinski definition) is 1. The molecule has 0 saturated heterocycles. The smallest absolute Gasteiger partial charge is 0.251 e. The number of hydrogen-bond acceptors (Lipinski definition) is 5. The zero-order valence-electron chi connectivity index (χ0n) is 17.6. The Bertz CT molecular complexity index is 958. The summed E-state index contributed by atoms with van der Waals surface area (Å²) in [5, 5.41) is 7.08. The second-order valence-electron chi connectivity index (χ2n) is 7.20. The molecule has 31 heavy (non-hydrogen) atoms. The Morgan fingerprint density at radius 2 is 1.87 bits per heavy atom. The van der Waals surface area contributed by atoms with E-state index < -0.39 is 6.04 Å². The lowest BCUT2D eigenvalue weighted by molar-refractivity contribution is -0.118. The van der Waals surface area contributed by atoms with E-state index in [-0.39, 0.29) is 11.7 Å². The fraction of sp³-hybridized carbons (Fsp3) is 0.280. The summed E-state index contributed by atoms with van der Waals surface area (Å²) in [4.78, 5) is 25.7. The number of unbranched alkanes of at least 4 members (excludes halogenated alkanes) is 1.